The van der Waals surface area contributed by atoms with Gasteiger partial charge in [0.05, 0.1) is 10.9 Å². The predicted octanol–water partition coefficient (Wildman–Crippen LogP) is 4.49. The summed E-state index contributed by atoms with van der Waals surface area (Å²) in [6, 6.07) is 19.6. The van der Waals surface area contributed by atoms with Gasteiger partial charge in [0.25, 0.3) is 5.91 Å². The normalized spacial score (nSPS) is 15.7. The molecule has 1 saturated carbocycles. The number of nitrogens with one attached hydrogen (secondary N) is 2. The largest absolute Gasteiger partial charge is 0.340 e. The topological polar surface area (TPSA) is 75.3 Å². The van der Waals surface area contributed by atoms with E-state index in [1.165, 1.54) is 12.1 Å². The van der Waals surface area contributed by atoms with E-state index in [4.69, 9.17) is 0 Å². The maximum atomic E-state index is 13.0. The van der Waals surface area contributed by atoms with E-state index in [-0.39, 0.29) is 22.9 Å². The number of sulfonamides is 1. The van der Waals surface area contributed by atoms with Crippen LogP contribution in [0.15, 0.2) is 77.0 Å². The SMILES string of the molecule is O=C(NC(c1ccccc1)c1cccs1)c1cccc(S(=O)(=O)NC2CCCC2)c1. The lowest BCUT2D eigenvalue weighted by molar-refractivity contribution is 0.0943. The average molecular weight is 441 g/mol. The van der Waals surface area contributed by atoms with Gasteiger partial charge in [-0.15, -0.1) is 11.3 Å². The Balaban J connectivity index is 1.56. The molecule has 0 saturated heterocycles. The van der Waals surface area contributed by atoms with Gasteiger partial charge in [-0.1, -0.05) is 55.3 Å². The molecule has 0 aliphatic heterocycles. The van der Waals surface area contributed by atoms with Gasteiger partial charge in [-0.05, 0) is 48.1 Å². The fourth-order valence-electron chi connectivity index (χ4n) is 3.77. The fraction of sp³-hybridized carbons (Fsp3) is 0.261. The third-order valence-electron chi connectivity index (χ3n) is 5.32. The summed E-state index contributed by atoms with van der Waals surface area (Å²) in [4.78, 5) is 14.2. The van der Waals surface area contributed by atoms with Crippen molar-refractivity contribution in [1.29, 1.82) is 0 Å². The molecule has 1 fully saturated rings. The summed E-state index contributed by atoms with van der Waals surface area (Å²) >= 11 is 1.57. The van der Waals surface area contributed by atoms with Gasteiger partial charge in [-0.25, -0.2) is 13.1 Å². The zero-order valence-corrected chi connectivity index (χ0v) is 18.1. The van der Waals surface area contributed by atoms with Crippen LogP contribution in [-0.4, -0.2) is 20.4 Å². The molecule has 1 atom stereocenters. The molecule has 1 heterocycles. The molecular formula is C23H24N2O3S2. The lowest BCUT2D eigenvalue weighted by atomic mass is 10.0. The number of benzene rings is 2. The molecular weight excluding hydrogens is 416 g/mol. The predicted molar refractivity (Wildman–Crippen MR) is 119 cm³/mol. The van der Waals surface area contributed by atoms with Gasteiger partial charge >= 0.3 is 0 Å². The Labute approximate surface area is 181 Å². The van der Waals surface area contributed by atoms with Crippen molar-refractivity contribution in [2.24, 2.45) is 0 Å². The van der Waals surface area contributed by atoms with Crippen LogP contribution in [0.3, 0.4) is 0 Å². The van der Waals surface area contributed by atoms with Gasteiger partial charge in [0, 0.05) is 16.5 Å². The minimum absolute atomic E-state index is 0.0197. The highest BCUT2D eigenvalue weighted by Crippen LogP contribution is 2.27. The number of carbonyl (C=O) groups excluding carboxylic acids is 1. The number of rotatable bonds is 7. The summed E-state index contributed by atoms with van der Waals surface area (Å²) in [5.74, 6) is -0.310. The van der Waals surface area contributed by atoms with Crippen molar-refractivity contribution < 1.29 is 13.2 Å². The fourth-order valence-corrected chi connectivity index (χ4v) is 5.92. The molecule has 0 spiro atoms. The summed E-state index contributed by atoms with van der Waals surface area (Å²) in [7, 11) is -3.65. The van der Waals surface area contributed by atoms with Crippen LogP contribution in [0.1, 0.15) is 52.5 Å². The maximum absolute atomic E-state index is 13.0. The Bertz CT molecular complexity index is 1090. The molecule has 1 aliphatic rings. The van der Waals surface area contributed by atoms with E-state index in [1.54, 1.807) is 23.5 Å². The number of amides is 1. The van der Waals surface area contributed by atoms with Crippen LogP contribution in [-0.2, 0) is 10.0 Å². The number of hydrogen-bond acceptors (Lipinski definition) is 4. The van der Waals surface area contributed by atoms with Crippen molar-refractivity contribution in [3.8, 4) is 0 Å². The minimum atomic E-state index is -3.65. The highest BCUT2D eigenvalue weighted by molar-refractivity contribution is 7.89. The van der Waals surface area contributed by atoms with E-state index in [0.717, 1.165) is 36.1 Å². The molecule has 1 aromatic heterocycles. The van der Waals surface area contributed by atoms with E-state index >= 15 is 0 Å². The van der Waals surface area contributed by atoms with Crippen molar-refractivity contribution in [2.45, 2.75) is 42.7 Å². The summed E-state index contributed by atoms with van der Waals surface area (Å²) in [5, 5.41) is 5.03. The third kappa shape index (κ3) is 4.80. The van der Waals surface area contributed by atoms with Crippen LogP contribution in [0.5, 0.6) is 0 Å². The number of thiophene rings is 1. The molecule has 7 heteroatoms. The summed E-state index contributed by atoms with van der Waals surface area (Å²) < 4.78 is 28.3. The number of carbonyl (C=O) groups is 1. The molecule has 1 aliphatic carbocycles. The lowest BCUT2D eigenvalue weighted by Gasteiger charge is -2.18. The smallest absolute Gasteiger partial charge is 0.252 e. The molecule has 2 N–H and O–H groups in total. The Morgan fingerprint density at radius 3 is 2.43 bits per heavy atom. The maximum Gasteiger partial charge on any atom is 0.252 e. The quantitative estimate of drug-likeness (QED) is 0.568. The van der Waals surface area contributed by atoms with E-state index in [2.05, 4.69) is 10.0 Å². The van der Waals surface area contributed by atoms with Crippen molar-refractivity contribution in [3.05, 3.63) is 88.1 Å². The van der Waals surface area contributed by atoms with Gasteiger partial charge in [0.2, 0.25) is 10.0 Å². The molecule has 3 aromatic rings. The Morgan fingerprint density at radius 1 is 0.967 bits per heavy atom. The van der Waals surface area contributed by atoms with Crippen LogP contribution >= 0.6 is 11.3 Å². The third-order valence-corrected chi connectivity index (χ3v) is 7.77. The second kappa shape index (κ2) is 9.12. The van der Waals surface area contributed by atoms with Crippen molar-refractivity contribution in [2.75, 3.05) is 0 Å². The van der Waals surface area contributed by atoms with Crippen molar-refractivity contribution in [3.63, 3.8) is 0 Å². The molecule has 0 radical (unpaired) electrons. The molecule has 0 bridgehead atoms. The molecule has 5 nitrogen and oxygen atoms in total. The van der Waals surface area contributed by atoms with Crippen LogP contribution in [0.4, 0.5) is 0 Å². The second-order valence-electron chi connectivity index (χ2n) is 7.46. The molecule has 2 aromatic carbocycles. The first-order valence-electron chi connectivity index (χ1n) is 10.0. The molecule has 1 amide bonds. The van der Waals surface area contributed by atoms with Crippen molar-refractivity contribution in [1.82, 2.24) is 10.0 Å². The van der Waals surface area contributed by atoms with Gasteiger partial charge in [0.1, 0.15) is 0 Å². The number of hydrogen-bond donors (Lipinski definition) is 2. The van der Waals surface area contributed by atoms with E-state index in [9.17, 15) is 13.2 Å². The van der Waals surface area contributed by atoms with Gasteiger partial charge in [-0.3, -0.25) is 4.79 Å². The van der Waals surface area contributed by atoms with E-state index < -0.39 is 10.0 Å². The van der Waals surface area contributed by atoms with E-state index in [0.29, 0.717) is 5.56 Å². The highest BCUT2D eigenvalue weighted by atomic mass is 32.2. The monoisotopic (exact) mass is 440 g/mol. The average Bonchev–Trinajstić information content (AvgIpc) is 3.47. The summed E-state index contributed by atoms with van der Waals surface area (Å²) in [6.45, 7) is 0. The Kier molecular flexibility index (Phi) is 6.32. The zero-order valence-electron chi connectivity index (χ0n) is 16.5. The lowest BCUT2D eigenvalue weighted by Crippen LogP contribution is -2.33. The van der Waals surface area contributed by atoms with Crippen LogP contribution < -0.4 is 10.0 Å². The van der Waals surface area contributed by atoms with E-state index in [1.807, 2.05) is 47.8 Å². The zero-order chi connectivity index (χ0) is 21.0. The minimum Gasteiger partial charge on any atom is -0.340 e. The standard InChI is InChI=1S/C23H24N2O3S2/c26-23(24-22(21-14-7-15-29-21)17-8-2-1-3-9-17)18-10-6-13-20(16-18)30(27,28)25-19-11-4-5-12-19/h1-3,6-10,13-16,19,22,25H,4-5,11-12H2,(H,24,26). The van der Waals surface area contributed by atoms with Gasteiger partial charge in [-0.2, -0.15) is 0 Å². The molecule has 4 rings (SSSR count). The summed E-state index contributed by atoms with van der Waals surface area (Å²) in [6.07, 6.45) is 3.80. The molecule has 156 valence electrons. The van der Waals surface area contributed by atoms with Gasteiger partial charge in [0.15, 0.2) is 0 Å². The molecule has 30 heavy (non-hydrogen) atoms. The Morgan fingerprint density at radius 2 is 1.73 bits per heavy atom. The molecule has 1 unspecified atom stereocenters. The van der Waals surface area contributed by atoms with Crippen LogP contribution in [0.2, 0.25) is 0 Å². The highest BCUT2D eigenvalue weighted by Gasteiger charge is 2.24. The Hall–Kier alpha value is -2.48. The first-order chi connectivity index (χ1) is 14.5. The summed E-state index contributed by atoms with van der Waals surface area (Å²) in [5.41, 5.74) is 1.29. The van der Waals surface area contributed by atoms with Crippen LogP contribution in [0.25, 0.3) is 0 Å². The van der Waals surface area contributed by atoms with Crippen molar-refractivity contribution >= 4 is 27.3 Å². The second-order valence-corrected chi connectivity index (χ2v) is 10.2. The first kappa shape index (κ1) is 20.8. The first-order valence-corrected chi connectivity index (χ1v) is 12.4. The van der Waals surface area contributed by atoms with Crippen LogP contribution in [0, 0.1) is 0 Å². The van der Waals surface area contributed by atoms with Gasteiger partial charge < -0.3 is 5.32 Å².